The molecule has 2 aromatic rings. The van der Waals surface area contributed by atoms with Gasteiger partial charge in [-0.05, 0) is 37.6 Å². The first-order valence-electron chi connectivity index (χ1n) is 8.20. The van der Waals surface area contributed by atoms with Crippen LogP contribution in [0.2, 0.25) is 0 Å². The second-order valence-corrected chi connectivity index (χ2v) is 5.83. The number of ether oxygens (including phenoxy) is 1. The van der Waals surface area contributed by atoms with Crippen LogP contribution in [0.5, 0.6) is 0 Å². The summed E-state index contributed by atoms with van der Waals surface area (Å²) in [5, 5.41) is 11.4. The van der Waals surface area contributed by atoms with Crippen molar-refractivity contribution in [3.8, 4) is 6.07 Å². The van der Waals surface area contributed by atoms with Gasteiger partial charge in [0.2, 0.25) is 0 Å². The Kier molecular flexibility index (Phi) is 6.40. The predicted octanol–water partition coefficient (Wildman–Crippen LogP) is 3.71. The van der Waals surface area contributed by atoms with Gasteiger partial charge in [0.25, 0.3) is 0 Å². The van der Waals surface area contributed by atoms with E-state index in [1.807, 2.05) is 0 Å². The molecule has 0 bridgehead atoms. The molecule has 8 heteroatoms. The summed E-state index contributed by atoms with van der Waals surface area (Å²) in [6.07, 6.45) is 0.858. The molecule has 0 aliphatic carbocycles. The molecule has 0 aliphatic rings. The number of aromatic nitrogens is 1. The van der Waals surface area contributed by atoms with Crippen LogP contribution >= 0.6 is 0 Å². The van der Waals surface area contributed by atoms with Gasteiger partial charge in [0, 0.05) is 11.8 Å². The quantitative estimate of drug-likeness (QED) is 0.745. The fraction of sp³-hybridized carbons (Fsp3) is 0.316. The van der Waals surface area contributed by atoms with Crippen molar-refractivity contribution >= 4 is 11.7 Å². The Balaban J connectivity index is 2.22. The molecular formula is C19H18F3N3O2. The van der Waals surface area contributed by atoms with Crippen LogP contribution in [0.3, 0.4) is 0 Å². The summed E-state index contributed by atoms with van der Waals surface area (Å²) in [4.78, 5) is 15.3. The highest BCUT2D eigenvalue weighted by Gasteiger charge is 2.33. The summed E-state index contributed by atoms with van der Waals surface area (Å²) in [6, 6.07) is 6.95. The zero-order chi connectivity index (χ0) is 20.0. The maximum atomic E-state index is 14.7. The van der Waals surface area contributed by atoms with E-state index < -0.39 is 36.4 Å². The van der Waals surface area contributed by atoms with Gasteiger partial charge in [0.1, 0.15) is 5.69 Å². The molecule has 0 saturated heterocycles. The van der Waals surface area contributed by atoms with Gasteiger partial charge in [-0.25, -0.2) is 4.39 Å². The van der Waals surface area contributed by atoms with E-state index in [0.29, 0.717) is 0 Å². The SMILES string of the molecule is CCOC(=O)Cc1c(C#N)ccc(NCC(F)(F)c2ccc(C)cn2)c1F. The number of halogens is 3. The Hall–Kier alpha value is -3.08. The van der Waals surface area contributed by atoms with Crippen molar-refractivity contribution in [3.63, 3.8) is 0 Å². The van der Waals surface area contributed by atoms with Gasteiger partial charge >= 0.3 is 11.9 Å². The summed E-state index contributed by atoms with van der Waals surface area (Å²) < 4.78 is 48.0. The molecule has 0 amide bonds. The van der Waals surface area contributed by atoms with Crippen molar-refractivity contribution in [2.75, 3.05) is 18.5 Å². The third kappa shape index (κ3) is 4.97. The summed E-state index contributed by atoms with van der Waals surface area (Å²) in [6.45, 7) is 2.53. The number of esters is 1. The lowest BCUT2D eigenvalue weighted by Gasteiger charge is -2.18. The first-order chi connectivity index (χ1) is 12.8. The number of carbonyl (C=O) groups excluding carboxylic acids is 1. The Morgan fingerprint density at radius 3 is 2.67 bits per heavy atom. The predicted molar refractivity (Wildman–Crippen MR) is 92.8 cm³/mol. The number of benzene rings is 1. The maximum Gasteiger partial charge on any atom is 0.310 e. The van der Waals surface area contributed by atoms with E-state index in [2.05, 4.69) is 10.3 Å². The molecule has 0 atom stereocenters. The molecule has 0 spiro atoms. The van der Waals surface area contributed by atoms with Gasteiger partial charge in [0.15, 0.2) is 5.82 Å². The van der Waals surface area contributed by atoms with Crippen LogP contribution in [0.1, 0.15) is 29.3 Å². The third-order valence-electron chi connectivity index (χ3n) is 3.78. The normalized spacial score (nSPS) is 11.0. The number of rotatable bonds is 7. The molecule has 0 fully saturated rings. The van der Waals surface area contributed by atoms with Gasteiger partial charge < -0.3 is 10.1 Å². The van der Waals surface area contributed by atoms with Crippen molar-refractivity contribution in [1.29, 1.82) is 5.26 Å². The van der Waals surface area contributed by atoms with E-state index in [1.54, 1.807) is 19.9 Å². The van der Waals surface area contributed by atoms with Crippen LogP contribution in [-0.4, -0.2) is 24.1 Å². The average Bonchev–Trinajstić information content (AvgIpc) is 2.63. The average molecular weight is 377 g/mol. The molecule has 5 nitrogen and oxygen atoms in total. The molecule has 2 rings (SSSR count). The van der Waals surface area contributed by atoms with Gasteiger partial charge in [-0.2, -0.15) is 14.0 Å². The van der Waals surface area contributed by atoms with E-state index >= 15 is 0 Å². The summed E-state index contributed by atoms with van der Waals surface area (Å²) in [7, 11) is 0. The zero-order valence-electron chi connectivity index (χ0n) is 14.9. The van der Waals surface area contributed by atoms with Crippen molar-refractivity contribution in [1.82, 2.24) is 4.98 Å². The Labute approximate surface area is 154 Å². The molecule has 27 heavy (non-hydrogen) atoms. The number of aryl methyl sites for hydroxylation is 1. The van der Waals surface area contributed by atoms with E-state index in [1.165, 1.54) is 30.5 Å². The molecule has 0 radical (unpaired) electrons. The Morgan fingerprint density at radius 2 is 2.07 bits per heavy atom. The van der Waals surface area contributed by atoms with Crippen LogP contribution in [0.4, 0.5) is 18.9 Å². The van der Waals surface area contributed by atoms with Crippen LogP contribution in [0.25, 0.3) is 0 Å². The number of nitrogens with zero attached hydrogens (tertiary/aromatic N) is 2. The molecule has 1 N–H and O–H groups in total. The number of hydrogen-bond donors (Lipinski definition) is 1. The van der Waals surface area contributed by atoms with Gasteiger partial charge in [-0.3, -0.25) is 9.78 Å². The number of carbonyl (C=O) groups is 1. The number of pyridine rings is 1. The van der Waals surface area contributed by atoms with Gasteiger partial charge in [-0.15, -0.1) is 0 Å². The molecule has 0 unspecified atom stereocenters. The fourth-order valence-electron chi connectivity index (χ4n) is 2.37. The Bertz CT molecular complexity index is 862. The molecule has 0 aliphatic heterocycles. The van der Waals surface area contributed by atoms with Crippen molar-refractivity contribution in [2.24, 2.45) is 0 Å². The second kappa shape index (κ2) is 8.54. The third-order valence-corrected chi connectivity index (χ3v) is 3.78. The highest BCUT2D eigenvalue weighted by molar-refractivity contribution is 5.74. The summed E-state index contributed by atoms with van der Waals surface area (Å²) in [5.74, 6) is -4.98. The van der Waals surface area contributed by atoms with E-state index in [9.17, 15) is 18.0 Å². The zero-order valence-corrected chi connectivity index (χ0v) is 14.9. The van der Waals surface area contributed by atoms with Gasteiger partial charge in [0.05, 0.1) is 36.9 Å². The minimum atomic E-state index is -3.34. The van der Waals surface area contributed by atoms with Crippen molar-refractivity contribution in [3.05, 3.63) is 58.7 Å². The largest absolute Gasteiger partial charge is 0.466 e. The second-order valence-electron chi connectivity index (χ2n) is 5.83. The lowest BCUT2D eigenvalue weighted by atomic mass is 10.0. The monoisotopic (exact) mass is 377 g/mol. The highest BCUT2D eigenvalue weighted by atomic mass is 19.3. The summed E-state index contributed by atoms with van der Waals surface area (Å²) in [5.41, 5.74) is -0.193. The molecule has 142 valence electrons. The standard InChI is InChI=1S/C19H18F3N3O2/c1-3-27-17(26)8-14-13(9-23)5-6-15(18(14)20)25-11-19(21,22)16-7-4-12(2)10-24-16/h4-7,10,25H,3,8,11H2,1-2H3. The number of alkyl halides is 2. The Morgan fingerprint density at radius 1 is 1.33 bits per heavy atom. The fourth-order valence-corrected chi connectivity index (χ4v) is 2.37. The number of nitrogens with one attached hydrogen (secondary N) is 1. The van der Waals surface area contributed by atoms with Crippen molar-refractivity contribution in [2.45, 2.75) is 26.2 Å². The van der Waals surface area contributed by atoms with E-state index in [4.69, 9.17) is 10.00 Å². The number of hydrogen-bond acceptors (Lipinski definition) is 5. The number of anilines is 1. The smallest absolute Gasteiger partial charge is 0.310 e. The van der Waals surface area contributed by atoms with E-state index in [-0.39, 0.29) is 23.4 Å². The summed E-state index contributed by atoms with van der Waals surface area (Å²) >= 11 is 0. The van der Waals surface area contributed by atoms with Crippen LogP contribution in [0.15, 0.2) is 30.5 Å². The highest BCUT2D eigenvalue weighted by Crippen LogP contribution is 2.29. The lowest BCUT2D eigenvalue weighted by molar-refractivity contribution is -0.142. The molecule has 1 aromatic carbocycles. The minimum absolute atomic E-state index is 0.0573. The molecular weight excluding hydrogens is 359 g/mol. The minimum Gasteiger partial charge on any atom is -0.466 e. The molecule has 1 aromatic heterocycles. The lowest BCUT2D eigenvalue weighted by Crippen LogP contribution is -2.26. The van der Waals surface area contributed by atoms with Crippen LogP contribution in [0, 0.1) is 24.1 Å². The van der Waals surface area contributed by atoms with E-state index in [0.717, 1.165) is 5.56 Å². The maximum absolute atomic E-state index is 14.7. The van der Waals surface area contributed by atoms with Crippen LogP contribution in [-0.2, 0) is 21.9 Å². The first-order valence-corrected chi connectivity index (χ1v) is 8.20. The van der Waals surface area contributed by atoms with Crippen LogP contribution < -0.4 is 5.32 Å². The topological polar surface area (TPSA) is 75.0 Å². The van der Waals surface area contributed by atoms with Gasteiger partial charge in [-0.1, -0.05) is 6.07 Å². The first kappa shape index (κ1) is 20.2. The number of nitriles is 1. The molecule has 1 heterocycles. The van der Waals surface area contributed by atoms with Crippen molar-refractivity contribution < 1.29 is 22.7 Å². The molecule has 0 saturated carbocycles.